The maximum Gasteiger partial charge on any atom is 0.0150 e. The molecule has 1 atom stereocenters. The molecule has 0 aliphatic carbocycles. The first kappa shape index (κ1) is 15.8. The maximum atomic E-state index is 3.81. The third-order valence-corrected chi connectivity index (χ3v) is 3.89. The van der Waals surface area contributed by atoms with E-state index in [1.54, 1.807) is 0 Å². The van der Waals surface area contributed by atoms with Crippen molar-refractivity contribution in [1.82, 2.24) is 5.32 Å². The van der Waals surface area contributed by atoms with Crippen molar-refractivity contribution in [2.75, 3.05) is 0 Å². The van der Waals surface area contributed by atoms with Gasteiger partial charge in [0.05, 0.1) is 0 Å². The molecule has 1 N–H and O–H groups in total. The Labute approximate surface area is 129 Å². The molecule has 0 radical (unpaired) electrons. The quantitative estimate of drug-likeness (QED) is 0.744. The predicted octanol–water partition coefficient (Wildman–Crippen LogP) is 4.62. The molecule has 21 heavy (non-hydrogen) atoms. The molecule has 0 amide bonds. The van der Waals surface area contributed by atoms with Gasteiger partial charge in [-0.15, -0.1) is 0 Å². The minimum absolute atomic E-state index is 0.497. The van der Waals surface area contributed by atoms with Crippen LogP contribution < -0.4 is 5.32 Å². The number of nitrogens with one attached hydrogen (secondary N) is 1. The van der Waals surface area contributed by atoms with Crippen molar-refractivity contribution < 1.29 is 0 Å². The number of hydrogen-bond donors (Lipinski definition) is 1. The van der Waals surface area contributed by atoms with Crippen LogP contribution in [-0.4, -0.2) is 12.1 Å². The lowest BCUT2D eigenvalue weighted by Crippen LogP contribution is -2.39. The van der Waals surface area contributed by atoms with Crippen molar-refractivity contribution in [3.63, 3.8) is 0 Å². The molecule has 0 bridgehead atoms. The van der Waals surface area contributed by atoms with Gasteiger partial charge < -0.3 is 5.32 Å². The van der Waals surface area contributed by atoms with Gasteiger partial charge in [-0.3, -0.25) is 0 Å². The van der Waals surface area contributed by atoms with Crippen molar-refractivity contribution in [3.8, 4) is 0 Å². The summed E-state index contributed by atoms with van der Waals surface area (Å²) in [6.45, 7) is 4.55. The molecular weight excluding hydrogens is 254 g/mol. The van der Waals surface area contributed by atoms with E-state index in [0.717, 1.165) is 12.8 Å². The summed E-state index contributed by atoms with van der Waals surface area (Å²) in [5.41, 5.74) is 2.82. The number of benzene rings is 2. The lowest BCUT2D eigenvalue weighted by Gasteiger charge is -2.23. The highest BCUT2D eigenvalue weighted by Crippen LogP contribution is 2.11. The van der Waals surface area contributed by atoms with Crippen LogP contribution in [0, 0.1) is 0 Å². The van der Waals surface area contributed by atoms with Crippen molar-refractivity contribution >= 4 is 0 Å². The van der Waals surface area contributed by atoms with Crippen molar-refractivity contribution in [1.29, 1.82) is 0 Å². The van der Waals surface area contributed by atoms with E-state index in [4.69, 9.17) is 0 Å². The van der Waals surface area contributed by atoms with E-state index in [9.17, 15) is 0 Å². The van der Waals surface area contributed by atoms with Crippen LogP contribution in [0.5, 0.6) is 0 Å². The van der Waals surface area contributed by atoms with Gasteiger partial charge in [0.2, 0.25) is 0 Å². The normalized spacial score (nSPS) is 12.5. The summed E-state index contributed by atoms with van der Waals surface area (Å²) in [5.74, 6) is 0. The minimum atomic E-state index is 0.497. The van der Waals surface area contributed by atoms with E-state index in [1.165, 1.54) is 24.0 Å². The van der Waals surface area contributed by atoms with Gasteiger partial charge in [0.15, 0.2) is 0 Å². The largest absolute Gasteiger partial charge is 0.311 e. The summed E-state index contributed by atoms with van der Waals surface area (Å²) in [6, 6.07) is 22.7. The van der Waals surface area contributed by atoms with Crippen LogP contribution in [-0.2, 0) is 12.8 Å². The molecule has 1 nitrogen and oxygen atoms in total. The third-order valence-electron chi connectivity index (χ3n) is 3.89. The van der Waals surface area contributed by atoms with Crippen LogP contribution in [0.15, 0.2) is 60.7 Å². The summed E-state index contributed by atoms with van der Waals surface area (Å²) in [7, 11) is 0. The average molecular weight is 281 g/mol. The zero-order valence-electron chi connectivity index (χ0n) is 13.3. The fourth-order valence-electron chi connectivity index (χ4n) is 2.91. The molecule has 0 aromatic heterocycles. The van der Waals surface area contributed by atoms with E-state index in [1.807, 2.05) is 0 Å². The molecule has 0 aliphatic rings. The zero-order valence-corrected chi connectivity index (χ0v) is 13.3. The van der Waals surface area contributed by atoms with Crippen LogP contribution in [0.4, 0.5) is 0 Å². The molecule has 1 heteroatoms. The maximum absolute atomic E-state index is 3.81. The zero-order chi connectivity index (χ0) is 14.9. The SMILES string of the molecule is CCCC(C)NC(Cc1ccccc1)Cc1ccccc1. The summed E-state index contributed by atoms with van der Waals surface area (Å²) in [6.07, 6.45) is 4.64. The van der Waals surface area contributed by atoms with Crippen LogP contribution in [0.25, 0.3) is 0 Å². The summed E-state index contributed by atoms with van der Waals surface area (Å²) in [4.78, 5) is 0. The topological polar surface area (TPSA) is 12.0 Å². The van der Waals surface area contributed by atoms with E-state index < -0.39 is 0 Å². The van der Waals surface area contributed by atoms with Gasteiger partial charge in [-0.1, -0.05) is 74.0 Å². The van der Waals surface area contributed by atoms with E-state index in [2.05, 4.69) is 79.8 Å². The number of hydrogen-bond acceptors (Lipinski definition) is 1. The lowest BCUT2D eigenvalue weighted by atomic mass is 9.98. The second kappa shape index (κ2) is 8.63. The summed E-state index contributed by atoms with van der Waals surface area (Å²) < 4.78 is 0. The molecule has 0 heterocycles. The highest BCUT2D eigenvalue weighted by Gasteiger charge is 2.13. The number of rotatable bonds is 8. The predicted molar refractivity (Wildman–Crippen MR) is 91.6 cm³/mol. The van der Waals surface area contributed by atoms with Gasteiger partial charge in [-0.05, 0) is 37.3 Å². The molecule has 0 spiro atoms. The fraction of sp³-hybridized carbons (Fsp3) is 0.400. The van der Waals surface area contributed by atoms with E-state index >= 15 is 0 Å². The molecule has 1 unspecified atom stereocenters. The van der Waals surface area contributed by atoms with Crippen LogP contribution in [0.3, 0.4) is 0 Å². The smallest absolute Gasteiger partial charge is 0.0150 e. The molecule has 2 aromatic rings. The Morgan fingerprint density at radius 1 is 0.810 bits per heavy atom. The highest BCUT2D eigenvalue weighted by atomic mass is 14.9. The van der Waals surface area contributed by atoms with E-state index in [0.29, 0.717) is 12.1 Å². The first-order valence-corrected chi connectivity index (χ1v) is 8.12. The Kier molecular flexibility index (Phi) is 6.49. The van der Waals surface area contributed by atoms with Gasteiger partial charge in [0.25, 0.3) is 0 Å². The molecule has 0 fully saturated rings. The monoisotopic (exact) mass is 281 g/mol. The molecule has 0 saturated carbocycles. The molecule has 0 aliphatic heterocycles. The average Bonchev–Trinajstić information content (AvgIpc) is 2.49. The Bertz CT molecular complexity index is 450. The first-order valence-electron chi connectivity index (χ1n) is 8.12. The van der Waals surface area contributed by atoms with Gasteiger partial charge in [-0.2, -0.15) is 0 Å². The molecule has 2 rings (SSSR count). The lowest BCUT2D eigenvalue weighted by molar-refractivity contribution is 0.418. The Morgan fingerprint density at radius 2 is 1.29 bits per heavy atom. The molecule has 112 valence electrons. The van der Waals surface area contributed by atoms with Gasteiger partial charge in [0.1, 0.15) is 0 Å². The van der Waals surface area contributed by atoms with Gasteiger partial charge in [0, 0.05) is 12.1 Å². The highest BCUT2D eigenvalue weighted by molar-refractivity contribution is 5.19. The van der Waals surface area contributed by atoms with Crippen LogP contribution in [0.1, 0.15) is 37.8 Å². The minimum Gasteiger partial charge on any atom is -0.311 e. The summed E-state index contributed by atoms with van der Waals surface area (Å²) in [5, 5.41) is 3.81. The van der Waals surface area contributed by atoms with Crippen molar-refractivity contribution in [2.45, 2.75) is 51.6 Å². The standard InChI is InChI=1S/C20H27N/c1-3-10-17(2)21-20(15-18-11-6-4-7-12-18)16-19-13-8-5-9-14-19/h4-9,11-14,17,20-21H,3,10,15-16H2,1-2H3. The van der Waals surface area contributed by atoms with Gasteiger partial charge in [-0.25, -0.2) is 0 Å². The van der Waals surface area contributed by atoms with E-state index in [-0.39, 0.29) is 0 Å². The second-order valence-electron chi connectivity index (χ2n) is 5.93. The Balaban J connectivity index is 2.02. The first-order chi connectivity index (χ1) is 10.3. The summed E-state index contributed by atoms with van der Waals surface area (Å²) >= 11 is 0. The van der Waals surface area contributed by atoms with Crippen molar-refractivity contribution in [2.24, 2.45) is 0 Å². The van der Waals surface area contributed by atoms with Crippen molar-refractivity contribution in [3.05, 3.63) is 71.8 Å². The molecule has 0 saturated heterocycles. The third kappa shape index (κ3) is 5.73. The molecule has 2 aromatic carbocycles. The second-order valence-corrected chi connectivity index (χ2v) is 5.93. The van der Waals surface area contributed by atoms with Gasteiger partial charge >= 0.3 is 0 Å². The Hall–Kier alpha value is -1.60. The molecular formula is C20H27N. The fourth-order valence-corrected chi connectivity index (χ4v) is 2.91. The Morgan fingerprint density at radius 3 is 1.71 bits per heavy atom. The van der Waals surface area contributed by atoms with Crippen LogP contribution in [0.2, 0.25) is 0 Å². The van der Waals surface area contributed by atoms with Crippen LogP contribution >= 0.6 is 0 Å².